The van der Waals surface area contributed by atoms with Crippen molar-refractivity contribution in [2.45, 2.75) is 13.8 Å². The summed E-state index contributed by atoms with van der Waals surface area (Å²) in [7, 11) is 0. The molecule has 0 aliphatic carbocycles. The van der Waals surface area contributed by atoms with Crippen LogP contribution in [-0.4, -0.2) is 17.4 Å². The van der Waals surface area contributed by atoms with E-state index in [9.17, 15) is 4.79 Å². The lowest BCUT2D eigenvalue weighted by Gasteiger charge is -2.21. The van der Waals surface area contributed by atoms with E-state index in [1.54, 1.807) is 35.4 Å². The molecule has 0 saturated heterocycles. The van der Waals surface area contributed by atoms with Gasteiger partial charge in [0.25, 0.3) is 11.1 Å². The molecule has 3 rings (SSSR count). The molecule has 2 aromatic carbocycles. The minimum atomic E-state index is -0.0242. The molecule has 0 spiro atoms. The van der Waals surface area contributed by atoms with Crippen molar-refractivity contribution in [3.63, 3.8) is 0 Å². The summed E-state index contributed by atoms with van der Waals surface area (Å²) in [6.07, 6.45) is 1.69. The average Bonchev–Trinajstić information content (AvgIpc) is 3.09. The smallest absolute Gasteiger partial charge is 0.278 e. The molecule has 0 unspecified atom stereocenters. The molecule has 0 saturated carbocycles. The average molecular weight is 338 g/mol. The molecule has 122 valence electrons. The predicted octanol–water partition coefficient (Wildman–Crippen LogP) is 4.91. The minimum absolute atomic E-state index is 0.0242. The third kappa shape index (κ3) is 3.63. The molecule has 24 heavy (non-hydrogen) atoms. The van der Waals surface area contributed by atoms with Crippen molar-refractivity contribution >= 4 is 22.9 Å². The van der Waals surface area contributed by atoms with Crippen LogP contribution >= 0.6 is 11.3 Å². The lowest BCUT2D eigenvalue weighted by atomic mass is 10.1. The van der Waals surface area contributed by atoms with Gasteiger partial charge in [-0.15, -0.1) is 0 Å². The van der Waals surface area contributed by atoms with Gasteiger partial charge in [0.1, 0.15) is 5.75 Å². The third-order valence-electron chi connectivity index (χ3n) is 3.59. The number of carbonyl (C=O) groups excluding carboxylic acids is 1. The Labute approximate surface area is 145 Å². The third-order valence-corrected chi connectivity index (χ3v) is 4.24. The first-order valence-electron chi connectivity index (χ1n) is 7.73. The van der Waals surface area contributed by atoms with Gasteiger partial charge in [-0.25, -0.2) is 4.98 Å². The highest BCUT2D eigenvalue weighted by Crippen LogP contribution is 2.24. The van der Waals surface area contributed by atoms with Crippen molar-refractivity contribution in [2.24, 2.45) is 0 Å². The van der Waals surface area contributed by atoms with E-state index >= 15 is 0 Å². The van der Waals surface area contributed by atoms with E-state index in [0.717, 1.165) is 11.3 Å². The number of aromatic nitrogens is 1. The number of thiazole rings is 1. The Hall–Kier alpha value is -2.66. The molecular weight excluding hydrogens is 320 g/mol. The molecule has 1 aromatic heterocycles. The maximum absolute atomic E-state index is 12.8. The van der Waals surface area contributed by atoms with E-state index in [1.165, 1.54) is 11.3 Å². The van der Waals surface area contributed by atoms with Gasteiger partial charge in [0.05, 0.1) is 0 Å². The molecule has 0 radical (unpaired) electrons. The van der Waals surface area contributed by atoms with E-state index in [1.807, 2.05) is 43.5 Å². The van der Waals surface area contributed by atoms with Gasteiger partial charge in [-0.1, -0.05) is 23.5 Å². The number of anilines is 1. The Morgan fingerprint density at radius 1 is 1.21 bits per heavy atom. The molecular formula is C19H18N2O2S. The maximum atomic E-state index is 12.8. The van der Waals surface area contributed by atoms with Crippen LogP contribution in [0.15, 0.2) is 60.1 Å². The summed E-state index contributed by atoms with van der Waals surface area (Å²) in [6.45, 7) is 4.60. The van der Waals surface area contributed by atoms with Crippen molar-refractivity contribution in [3.8, 4) is 10.9 Å². The molecule has 4 nitrogen and oxygen atoms in total. The molecule has 0 bridgehead atoms. The fraction of sp³-hybridized carbons (Fsp3) is 0.158. The standard InChI is InChI=1S/C19H18N2O2S/c1-3-21(16-6-4-5-14(2)13-16)18(22)15-7-9-17(10-8-15)23-19-20-11-12-24-19/h4-13H,3H2,1-2H3. The fourth-order valence-electron chi connectivity index (χ4n) is 2.42. The van der Waals surface area contributed by atoms with E-state index < -0.39 is 0 Å². The quantitative estimate of drug-likeness (QED) is 0.664. The normalized spacial score (nSPS) is 10.4. The predicted molar refractivity (Wildman–Crippen MR) is 97.2 cm³/mol. The second-order valence-corrected chi connectivity index (χ2v) is 6.17. The van der Waals surface area contributed by atoms with Crippen LogP contribution in [0.3, 0.4) is 0 Å². The van der Waals surface area contributed by atoms with Gasteiger partial charge in [0.2, 0.25) is 0 Å². The summed E-state index contributed by atoms with van der Waals surface area (Å²) >= 11 is 1.43. The van der Waals surface area contributed by atoms with Crippen LogP contribution in [0, 0.1) is 6.92 Å². The Kier molecular flexibility index (Phi) is 4.91. The van der Waals surface area contributed by atoms with Crippen molar-refractivity contribution in [1.82, 2.24) is 4.98 Å². The molecule has 1 amide bonds. The SMILES string of the molecule is CCN(C(=O)c1ccc(Oc2nccs2)cc1)c1cccc(C)c1. The largest absolute Gasteiger partial charge is 0.431 e. The summed E-state index contributed by atoms with van der Waals surface area (Å²) in [5.74, 6) is 0.643. The van der Waals surface area contributed by atoms with Gasteiger partial charge < -0.3 is 9.64 Å². The Bertz CT molecular complexity index is 814. The van der Waals surface area contributed by atoms with Gasteiger partial charge in [-0.05, 0) is 55.8 Å². The first-order chi connectivity index (χ1) is 11.7. The van der Waals surface area contributed by atoms with Crippen LogP contribution in [0.2, 0.25) is 0 Å². The Morgan fingerprint density at radius 3 is 2.62 bits per heavy atom. The maximum Gasteiger partial charge on any atom is 0.278 e. The lowest BCUT2D eigenvalue weighted by molar-refractivity contribution is 0.0988. The number of amides is 1. The zero-order valence-corrected chi connectivity index (χ0v) is 14.4. The van der Waals surface area contributed by atoms with Gasteiger partial charge in [-0.3, -0.25) is 4.79 Å². The zero-order chi connectivity index (χ0) is 16.9. The van der Waals surface area contributed by atoms with E-state index in [0.29, 0.717) is 23.1 Å². The Morgan fingerprint density at radius 2 is 2.00 bits per heavy atom. The highest BCUT2D eigenvalue weighted by molar-refractivity contribution is 7.11. The first-order valence-corrected chi connectivity index (χ1v) is 8.61. The number of nitrogens with zero attached hydrogens (tertiary/aromatic N) is 2. The summed E-state index contributed by atoms with van der Waals surface area (Å²) in [5, 5.41) is 2.44. The number of aryl methyl sites for hydroxylation is 1. The molecule has 0 aliphatic heterocycles. The number of hydrogen-bond acceptors (Lipinski definition) is 4. The van der Waals surface area contributed by atoms with E-state index in [-0.39, 0.29) is 5.91 Å². The van der Waals surface area contributed by atoms with Crippen LogP contribution in [0.25, 0.3) is 0 Å². The molecule has 3 aromatic rings. The van der Waals surface area contributed by atoms with Gasteiger partial charge in [0, 0.05) is 29.4 Å². The molecule has 0 atom stereocenters. The van der Waals surface area contributed by atoms with Crippen LogP contribution in [0.1, 0.15) is 22.8 Å². The van der Waals surface area contributed by atoms with E-state index in [4.69, 9.17) is 4.74 Å². The van der Waals surface area contributed by atoms with Gasteiger partial charge in [0.15, 0.2) is 0 Å². The monoisotopic (exact) mass is 338 g/mol. The highest BCUT2D eigenvalue weighted by Gasteiger charge is 2.16. The van der Waals surface area contributed by atoms with Crippen LogP contribution in [0.5, 0.6) is 10.9 Å². The van der Waals surface area contributed by atoms with E-state index in [2.05, 4.69) is 4.98 Å². The van der Waals surface area contributed by atoms with Crippen LogP contribution < -0.4 is 9.64 Å². The number of ether oxygens (including phenoxy) is 1. The summed E-state index contributed by atoms with van der Waals surface area (Å²) < 4.78 is 5.62. The van der Waals surface area contributed by atoms with Gasteiger partial charge >= 0.3 is 0 Å². The molecule has 1 heterocycles. The zero-order valence-electron chi connectivity index (χ0n) is 13.6. The summed E-state index contributed by atoms with van der Waals surface area (Å²) in [4.78, 5) is 18.6. The van der Waals surface area contributed by atoms with Crippen molar-refractivity contribution in [3.05, 3.63) is 71.2 Å². The number of carbonyl (C=O) groups is 1. The second kappa shape index (κ2) is 7.27. The van der Waals surface area contributed by atoms with Crippen molar-refractivity contribution < 1.29 is 9.53 Å². The molecule has 0 fully saturated rings. The Balaban J connectivity index is 1.78. The number of hydrogen-bond donors (Lipinski definition) is 0. The first kappa shape index (κ1) is 16.2. The summed E-state index contributed by atoms with van der Waals surface area (Å²) in [5.41, 5.74) is 2.67. The summed E-state index contributed by atoms with van der Waals surface area (Å²) in [6, 6.07) is 15.1. The molecule has 0 aliphatic rings. The topological polar surface area (TPSA) is 42.4 Å². The van der Waals surface area contributed by atoms with Crippen LogP contribution in [-0.2, 0) is 0 Å². The lowest BCUT2D eigenvalue weighted by Crippen LogP contribution is -2.30. The molecule has 0 N–H and O–H groups in total. The number of benzene rings is 2. The number of rotatable bonds is 5. The van der Waals surface area contributed by atoms with Crippen LogP contribution in [0.4, 0.5) is 5.69 Å². The van der Waals surface area contributed by atoms with Crippen molar-refractivity contribution in [2.75, 3.05) is 11.4 Å². The minimum Gasteiger partial charge on any atom is -0.431 e. The van der Waals surface area contributed by atoms with Crippen molar-refractivity contribution in [1.29, 1.82) is 0 Å². The second-order valence-electron chi connectivity index (χ2n) is 5.31. The fourth-order valence-corrected chi connectivity index (χ4v) is 2.93. The molecule has 5 heteroatoms. The van der Waals surface area contributed by atoms with Gasteiger partial charge in [-0.2, -0.15) is 0 Å². The highest BCUT2D eigenvalue weighted by atomic mass is 32.1.